The molecule has 0 spiro atoms. The average Bonchev–Trinajstić information content (AvgIpc) is 2.32. The zero-order chi connectivity index (χ0) is 8.28. The molecule has 2 heterocycles. The second-order valence-corrected chi connectivity index (χ2v) is 3.65. The molecular weight excluding hydrogens is 148 g/mol. The van der Waals surface area contributed by atoms with E-state index in [1.165, 1.54) is 0 Å². The third kappa shape index (κ3) is 0.727. The number of ether oxygens (including phenoxy) is 1. The van der Waals surface area contributed by atoms with Gasteiger partial charge in [0.2, 0.25) is 0 Å². The maximum atomic E-state index is 9.51. The topological polar surface area (TPSA) is 69.9 Å². The van der Waals surface area contributed by atoms with E-state index >= 15 is 0 Å². The van der Waals surface area contributed by atoms with E-state index in [1.54, 1.807) is 6.92 Å². The van der Waals surface area contributed by atoms with Crippen LogP contribution in [0.4, 0.5) is 0 Å². The smallest absolute Gasteiger partial charge is 0.195 e. The first-order valence-electron chi connectivity index (χ1n) is 3.77. The summed E-state index contributed by atoms with van der Waals surface area (Å²) in [4.78, 5) is 0. The van der Waals surface area contributed by atoms with Crippen LogP contribution in [0.25, 0.3) is 0 Å². The van der Waals surface area contributed by atoms with Crippen LogP contribution < -0.4 is 0 Å². The molecule has 2 saturated heterocycles. The Kier molecular flexibility index (Phi) is 1.21. The van der Waals surface area contributed by atoms with Crippen LogP contribution in [0.15, 0.2) is 0 Å². The monoisotopic (exact) mass is 160 g/mol. The normalized spacial score (nSPS) is 62.2. The molecule has 4 atom stereocenters. The van der Waals surface area contributed by atoms with Gasteiger partial charge in [0.1, 0.15) is 12.2 Å². The van der Waals surface area contributed by atoms with Gasteiger partial charge in [0.05, 0.1) is 5.60 Å². The van der Waals surface area contributed by atoms with Gasteiger partial charge in [-0.1, -0.05) is 0 Å². The number of fused-ring (bicyclic) bond motifs is 2. The summed E-state index contributed by atoms with van der Waals surface area (Å²) in [7, 11) is 0. The van der Waals surface area contributed by atoms with E-state index < -0.39 is 23.6 Å². The minimum atomic E-state index is -1.49. The Bertz CT molecular complexity index is 175. The summed E-state index contributed by atoms with van der Waals surface area (Å²) in [5, 5.41) is 28.2. The van der Waals surface area contributed by atoms with Crippen molar-refractivity contribution in [2.75, 3.05) is 0 Å². The molecule has 2 rings (SSSR count). The number of aliphatic hydroxyl groups is 3. The quantitative estimate of drug-likeness (QED) is 0.424. The third-order valence-electron chi connectivity index (χ3n) is 2.78. The Hall–Kier alpha value is -0.160. The van der Waals surface area contributed by atoms with Gasteiger partial charge in [0.25, 0.3) is 0 Å². The lowest BCUT2D eigenvalue weighted by molar-refractivity contribution is -0.212. The van der Waals surface area contributed by atoms with Gasteiger partial charge in [0, 0.05) is 6.42 Å². The first-order valence-corrected chi connectivity index (χ1v) is 3.77. The van der Waals surface area contributed by atoms with Crippen molar-refractivity contribution in [1.82, 2.24) is 0 Å². The molecule has 4 nitrogen and oxygen atoms in total. The number of rotatable bonds is 0. The van der Waals surface area contributed by atoms with Gasteiger partial charge < -0.3 is 20.1 Å². The van der Waals surface area contributed by atoms with Crippen LogP contribution in [0.3, 0.4) is 0 Å². The van der Waals surface area contributed by atoms with Crippen molar-refractivity contribution >= 4 is 0 Å². The van der Waals surface area contributed by atoms with Crippen molar-refractivity contribution in [3.63, 3.8) is 0 Å². The van der Waals surface area contributed by atoms with Crippen LogP contribution in [-0.2, 0) is 4.74 Å². The van der Waals surface area contributed by atoms with E-state index in [2.05, 4.69) is 0 Å². The molecule has 3 N–H and O–H groups in total. The Morgan fingerprint density at radius 1 is 1.27 bits per heavy atom. The molecule has 2 fully saturated rings. The largest absolute Gasteiger partial charge is 0.387 e. The van der Waals surface area contributed by atoms with E-state index in [9.17, 15) is 15.3 Å². The Balaban J connectivity index is 2.34. The van der Waals surface area contributed by atoms with Gasteiger partial charge in [-0.25, -0.2) is 0 Å². The third-order valence-corrected chi connectivity index (χ3v) is 2.78. The van der Waals surface area contributed by atoms with E-state index in [0.717, 1.165) is 0 Å². The van der Waals surface area contributed by atoms with E-state index in [-0.39, 0.29) is 0 Å². The van der Waals surface area contributed by atoms with Crippen LogP contribution in [0.2, 0.25) is 0 Å². The lowest BCUT2D eigenvalue weighted by Gasteiger charge is -2.27. The summed E-state index contributed by atoms with van der Waals surface area (Å²) < 4.78 is 5.13. The lowest BCUT2D eigenvalue weighted by Crippen LogP contribution is -2.47. The molecular formula is C7H12O4. The van der Waals surface area contributed by atoms with Crippen LogP contribution in [-0.4, -0.2) is 38.9 Å². The summed E-state index contributed by atoms with van der Waals surface area (Å²) in [6.07, 6.45) is -1.11. The fourth-order valence-electron chi connectivity index (χ4n) is 1.93. The molecule has 64 valence electrons. The molecule has 2 aliphatic rings. The fourth-order valence-corrected chi connectivity index (χ4v) is 1.93. The molecule has 2 bridgehead atoms. The summed E-state index contributed by atoms with van der Waals surface area (Å²) >= 11 is 0. The highest BCUT2D eigenvalue weighted by molar-refractivity contribution is 5.08. The molecule has 0 saturated carbocycles. The zero-order valence-electron chi connectivity index (χ0n) is 6.32. The standard InChI is InChI=1S/C7H12O4/c1-6-2-3-7(10,11-6)5(9)4(6)8/h4-5,8-10H,2-3H2,1H3/t4-,5+,6+,7-/m1/s1. The highest BCUT2D eigenvalue weighted by atomic mass is 16.7. The highest BCUT2D eigenvalue weighted by Gasteiger charge is 2.64. The molecule has 4 heteroatoms. The first kappa shape index (κ1) is 7.49. The molecule has 0 amide bonds. The van der Waals surface area contributed by atoms with Gasteiger partial charge in [0.15, 0.2) is 5.79 Å². The SMILES string of the molecule is C[C@@]12CC[C@@](O)(O1)[C@@H](O)[C@H]2O. The Morgan fingerprint density at radius 2 is 1.91 bits per heavy atom. The van der Waals surface area contributed by atoms with Gasteiger partial charge in [-0.15, -0.1) is 0 Å². The first-order chi connectivity index (χ1) is 4.98. The van der Waals surface area contributed by atoms with Crippen LogP contribution in [0, 0.1) is 0 Å². The highest BCUT2D eigenvalue weighted by Crippen LogP contribution is 2.49. The molecule has 0 aromatic rings. The number of hydrogen-bond acceptors (Lipinski definition) is 4. The Morgan fingerprint density at radius 3 is 2.18 bits per heavy atom. The van der Waals surface area contributed by atoms with Gasteiger partial charge >= 0.3 is 0 Å². The van der Waals surface area contributed by atoms with Crippen molar-refractivity contribution in [3.8, 4) is 0 Å². The predicted molar refractivity (Wildman–Crippen MR) is 35.7 cm³/mol. The maximum Gasteiger partial charge on any atom is 0.195 e. The lowest BCUT2D eigenvalue weighted by atomic mass is 9.84. The molecule has 0 aromatic heterocycles. The molecule has 2 aliphatic heterocycles. The molecule has 0 unspecified atom stereocenters. The summed E-state index contributed by atoms with van der Waals surface area (Å²) in [6, 6.07) is 0. The zero-order valence-corrected chi connectivity index (χ0v) is 6.32. The van der Waals surface area contributed by atoms with Crippen LogP contribution >= 0.6 is 0 Å². The van der Waals surface area contributed by atoms with Crippen molar-refractivity contribution < 1.29 is 20.1 Å². The predicted octanol–water partition coefficient (Wildman–Crippen LogP) is -1.02. The minimum absolute atomic E-state index is 0.404. The van der Waals surface area contributed by atoms with Crippen molar-refractivity contribution in [2.45, 2.75) is 43.4 Å². The summed E-state index contributed by atoms with van der Waals surface area (Å²) in [5.41, 5.74) is -0.742. The summed E-state index contributed by atoms with van der Waals surface area (Å²) in [5.74, 6) is -1.49. The summed E-state index contributed by atoms with van der Waals surface area (Å²) in [6.45, 7) is 1.70. The second kappa shape index (κ2) is 1.77. The molecule has 11 heavy (non-hydrogen) atoms. The molecule has 0 aromatic carbocycles. The van der Waals surface area contributed by atoms with Gasteiger partial charge in [-0.2, -0.15) is 0 Å². The average molecular weight is 160 g/mol. The van der Waals surface area contributed by atoms with E-state index in [1.807, 2.05) is 0 Å². The van der Waals surface area contributed by atoms with E-state index in [0.29, 0.717) is 12.8 Å². The van der Waals surface area contributed by atoms with Crippen LogP contribution in [0.5, 0.6) is 0 Å². The fraction of sp³-hybridized carbons (Fsp3) is 1.00. The molecule has 0 radical (unpaired) electrons. The molecule has 0 aliphatic carbocycles. The maximum absolute atomic E-state index is 9.51. The van der Waals surface area contributed by atoms with Gasteiger partial charge in [-0.3, -0.25) is 0 Å². The van der Waals surface area contributed by atoms with Crippen molar-refractivity contribution in [2.24, 2.45) is 0 Å². The van der Waals surface area contributed by atoms with E-state index in [4.69, 9.17) is 4.74 Å². The Labute approximate surface area is 64.4 Å². The second-order valence-electron chi connectivity index (χ2n) is 3.65. The van der Waals surface area contributed by atoms with Crippen molar-refractivity contribution in [3.05, 3.63) is 0 Å². The number of aliphatic hydroxyl groups excluding tert-OH is 2. The van der Waals surface area contributed by atoms with Crippen LogP contribution in [0.1, 0.15) is 19.8 Å². The van der Waals surface area contributed by atoms with Crippen molar-refractivity contribution in [1.29, 1.82) is 0 Å². The minimum Gasteiger partial charge on any atom is -0.387 e. The number of hydrogen-bond donors (Lipinski definition) is 3. The van der Waals surface area contributed by atoms with Gasteiger partial charge in [-0.05, 0) is 13.3 Å².